The maximum Gasteiger partial charge on any atom is 0.338 e. The molecular weight excluding hydrogens is 418 g/mol. The second-order valence-corrected chi connectivity index (χ2v) is 14.9. The number of esters is 1. The Hall–Kier alpha value is -2.74. The number of benzene rings is 2. The summed E-state index contributed by atoms with van der Waals surface area (Å²) in [6, 6.07) is 16.6. The van der Waals surface area contributed by atoms with Gasteiger partial charge in [0.15, 0.2) is 0 Å². The number of nitrogens with zero attached hydrogens (tertiary/aromatic N) is 1. The monoisotopic (exact) mass is 451 g/mol. The molecule has 32 heavy (non-hydrogen) atoms. The SMILES string of the molecule is C[Si](C)(C)CCOC(=O)c1ccccc1-c1ccc(CNC(CO)Cc2cnc[nH]2)cc1. The highest BCUT2D eigenvalue weighted by Crippen LogP contribution is 2.25. The first kappa shape index (κ1) is 23.9. The van der Waals surface area contributed by atoms with Crippen LogP contribution >= 0.6 is 0 Å². The van der Waals surface area contributed by atoms with Crippen molar-refractivity contribution in [1.29, 1.82) is 0 Å². The van der Waals surface area contributed by atoms with Gasteiger partial charge in [0.2, 0.25) is 0 Å². The van der Waals surface area contributed by atoms with E-state index in [1.54, 1.807) is 12.5 Å². The van der Waals surface area contributed by atoms with Crippen molar-refractivity contribution in [3.63, 3.8) is 0 Å². The van der Waals surface area contributed by atoms with Gasteiger partial charge in [-0.2, -0.15) is 0 Å². The first-order valence-electron chi connectivity index (χ1n) is 11.0. The van der Waals surface area contributed by atoms with E-state index in [-0.39, 0.29) is 18.6 Å². The van der Waals surface area contributed by atoms with Crippen molar-refractivity contribution in [2.45, 2.75) is 44.7 Å². The van der Waals surface area contributed by atoms with Crippen molar-refractivity contribution in [2.24, 2.45) is 0 Å². The number of nitrogens with one attached hydrogen (secondary N) is 2. The third-order valence-corrected chi connectivity index (χ3v) is 7.04. The maximum absolute atomic E-state index is 12.7. The second kappa shape index (κ2) is 11.2. The second-order valence-electron chi connectivity index (χ2n) is 9.23. The molecule has 1 heterocycles. The Bertz CT molecular complexity index is 982. The van der Waals surface area contributed by atoms with E-state index in [0.717, 1.165) is 28.4 Å². The Morgan fingerprint density at radius 2 is 1.91 bits per heavy atom. The van der Waals surface area contributed by atoms with Crippen molar-refractivity contribution in [3.05, 3.63) is 77.9 Å². The van der Waals surface area contributed by atoms with Crippen molar-refractivity contribution < 1.29 is 14.6 Å². The van der Waals surface area contributed by atoms with E-state index in [2.05, 4.69) is 34.9 Å². The number of carbonyl (C=O) groups excluding carboxylic acids is 1. The van der Waals surface area contributed by atoms with Gasteiger partial charge in [-0.3, -0.25) is 0 Å². The number of ether oxygens (including phenoxy) is 1. The molecule has 0 spiro atoms. The molecule has 170 valence electrons. The van der Waals surface area contributed by atoms with Gasteiger partial charge in [0, 0.05) is 39.0 Å². The molecule has 0 amide bonds. The maximum atomic E-state index is 12.7. The molecule has 1 atom stereocenters. The van der Waals surface area contributed by atoms with Crippen LogP contribution in [0.2, 0.25) is 25.7 Å². The van der Waals surface area contributed by atoms with Gasteiger partial charge in [-0.1, -0.05) is 62.1 Å². The molecule has 0 saturated heterocycles. The average Bonchev–Trinajstić information content (AvgIpc) is 3.29. The number of aliphatic hydroxyl groups is 1. The van der Waals surface area contributed by atoms with Gasteiger partial charge in [-0.25, -0.2) is 9.78 Å². The number of hydrogen-bond donors (Lipinski definition) is 3. The van der Waals surface area contributed by atoms with Crippen LogP contribution in [0.25, 0.3) is 11.1 Å². The number of carbonyl (C=O) groups is 1. The Labute approximate surface area is 191 Å². The van der Waals surface area contributed by atoms with Crippen LogP contribution in [0.4, 0.5) is 0 Å². The Balaban J connectivity index is 1.62. The largest absolute Gasteiger partial charge is 0.462 e. The van der Waals surface area contributed by atoms with Crippen LogP contribution in [0.15, 0.2) is 61.1 Å². The number of aromatic nitrogens is 2. The van der Waals surface area contributed by atoms with Gasteiger partial charge in [-0.05, 0) is 28.8 Å². The van der Waals surface area contributed by atoms with Crippen LogP contribution in [0, 0.1) is 0 Å². The molecule has 7 heteroatoms. The smallest absolute Gasteiger partial charge is 0.338 e. The number of rotatable bonds is 11. The predicted octanol–water partition coefficient (Wildman–Crippen LogP) is 4.26. The molecule has 0 aliphatic carbocycles. The highest BCUT2D eigenvalue weighted by atomic mass is 28.3. The number of aromatic amines is 1. The summed E-state index contributed by atoms with van der Waals surface area (Å²) >= 11 is 0. The molecule has 0 fully saturated rings. The van der Waals surface area contributed by atoms with Crippen LogP contribution in [0.5, 0.6) is 0 Å². The van der Waals surface area contributed by atoms with E-state index in [4.69, 9.17) is 4.74 Å². The van der Waals surface area contributed by atoms with Crippen molar-refractivity contribution >= 4 is 14.0 Å². The molecule has 3 aromatic rings. The zero-order chi connectivity index (χ0) is 23.0. The highest BCUT2D eigenvalue weighted by molar-refractivity contribution is 6.76. The number of aliphatic hydroxyl groups excluding tert-OH is 1. The summed E-state index contributed by atoms with van der Waals surface area (Å²) < 4.78 is 5.57. The van der Waals surface area contributed by atoms with Gasteiger partial charge >= 0.3 is 5.97 Å². The Morgan fingerprint density at radius 3 is 2.56 bits per heavy atom. The van der Waals surface area contributed by atoms with E-state index in [9.17, 15) is 9.90 Å². The number of H-pyrrole nitrogens is 1. The van der Waals surface area contributed by atoms with Crippen LogP contribution in [-0.4, -0.2) is 48.4 Å². The third-order valence-electron chi connectivity index (χ3n) is 5.33. The molecule has 0 radical (unpaired) electrons. The van der Waals surface area contributed by atoms with Crippen LogP contribution in [0.3, 0.4) is 0 Å². The topological polar surface area (TPSA) is 87.2 Å². The average molecular weight is 452 g/mol. The summed E-state index contributed by atoms with van der Waals surface area (Å²) in [6.45, 7) is 7.96. The summed E-state index contributed by atoms with van der Waals surface area (Å²) in [5.74, 6) is -0.269. The van der Waals surface area contributed by atoms with Crippen molar-refractivity contribution in [3.8, 4) is 11.1 Å². The lowest BCUT2D eigenvalue weighted by Crippen LogP contribution is -2.34. The lowest BCUT2D eigenvalue weighted by atomic mass is 9.98. The molecule has 3 rings (SSSR count). The van der Waals surface area contributed by atoms with Gasteiger partial charge < -0.3 is 20.1 Å². The van der Waals surface area contributed by atoms with Crippen molar-refractivity contribution in [2.75, 3.05) is 13.2 Å². The third kappa shape index (κ3) is 7.15. The summed E-state index contributed by atoms with van der Waals surface area (Å²) in [7, 11) is -1.25. The molecule has 0 bridgehead atoms. The molecule has 0 saturated carbocycles. The predicted molar refractivity (Wildman–Crippen MR) is 130 cm³/mol. The molecule has 0 aliphatic heterocycles. The molecular formula is C25H33N3O3Si. The fourth-order valence-electron chi connectivity index (χ4n) is 3.37. The van der Waals surface area contributed by atoms with E-state index in [1.807, 2.05) is 48.5 Å². The van der Waals surface area contributed by atoms with E-state index < -0.39 is 8.07 Å². The Morgan fingerprint density at radius 1 is 1.16 bits per heavy atom. The highest BCUT2D eigenvalue weighted by Gasteiger charge is 2.17. The van der Waals surface area contributed by atoms with Gasteiger partial charge in [0.25, 0.3) is 0 Å². The zero-order valence-corrected chi connectivity index (χ0v) is 20.1. The van der Waals surface area contributed by atoms with E-state index in [1.165, 1.54) is 0 Å². The first-order valence-corrected chi connectivity index (χ1v) is 14.7. The summed E-state index contributed by atoms with van der Waals surface area (Å²) in [5, 5.41) is 13.0. The van der Waals surface area contributed by atoms with Crippen LogP contribution in [0.1, 0.15) is 21.6 Å². The van der Waals surface area contributed by atoms with Crippen molar-refractivity contribution in [1.82, 2.24) is 15.3 Å². The molecule has 2 aromatic carbocycles. The minimum atomic E-state index is -1.25. The Kier molecular flexibility index (Phi) is 8.38. The fraction of sp³-hybridized carbons (Fsp3) is 0.360. The van der Waals surface area contributed by atoms with Gasteiger partial charge in [-0.15, -0.1) is 0 Å². The first-order chi connectivity index (χ1) is 15.4. The van der Waals surface area contributed by atoms with Crippen LogP contribution in [-0.2, 0) is 17.7 Å². The number of hydrogen-bond acceptors (Lipinski definition) is 5. The number of imidazole rings is 1. The molecule has 1 aromatic heterocycles. The zero-order valence-electron chi connectivity index (χ0n) is 19.1. The molecule has 1 unspecified atom stereocenters. The minimum Gasteiger partial charge on any atom is -0.462 e. The lowest BCUT2D eigenvalue weighted by Gasteiger charge is -2.16. The normalized spacial score (nSPS) is 12.5. The van der Waals surface area contributed by atoms with Gasteiger partial charge in [0.1, 0.15) is 0 Å². The summed E-state index contributed by atoms with van der Waals surface area (Å²) in [4.78, 5) is 19.8. The summed E-state index contributed by atoms with van der Waals surface area (Å²) in [6.07, 6.45) is 4.09. The quantitative estimate of drug-likeness (QED) is 0.299. The fourth-order valence-corrected chi connectivity index (χ4v) is 4.08. The van der Waals surface area contributed by atoms with E-state index in [0.29, 0.717) is 25.1 Å². The van der Waals surface area contributed by atoms with Crippen LogP contribution < -0.4 is 5.32 Å². The lowest BCUT2D eigenvalue weighted by molar-refractivity contribution is 0.0526. The van der Waals surface area contributed by atoms with Gasteiger partial charge in [0.05, 0.1) is 25.1 Å². The molecule has 0 aliphatic rings. The summed E-state index contributed by atoms with van der Waals surface area (Å²) in [5.41, 5.74) is 4.53. The van der Waals surface area contributed by atoms with E-state index >= 15 is 0 Å². The molecule has 3 N–H and O–H groups in total. The standard InChI is InChI=1S/C25H33N3O3Si/c1-32(2,3)13-12-31-25(30)24-7-5-4-6-23(24)20-10-8-19(9-11-20)15-27-22(17-29)14-21-16-26-18-28-21/h4-11,16,18,22,27,29H,12-15,17H2,1-3H3,(H,26,28). The molecule has 6 nitrogen and oxygen atoms in total. The minimum absolute atomic E-state index is 0.0459.